The Morgan fingerprint density at radius 2 is 2.05 bits per heavy atom. The number of Topliss-reactive ketones (excluding diaryl/α,β-unsaturated/α-hetero) is 1. The number of benzene rings is 1. The van der Waals surface area contributed by atoms with Crippen LogP contribution in [0.1, 0.15) is 43.0 Å². The number of hydrogen-bond acceptors (Lipinski definition) is 3. The molecule has 0 spiro atoms. The van der Waals surface area contributed by atoms with Crippen LogP contribution in [0.4, 0.5) is 0 Å². The maximum absolute atomic E-state index is 12.8. The zero-order valence-electron chi connectivity index (χ0n) is 11.4. The van der Waals surface area contributed by atoms with Gasteiger partial charge in [0.15, 0.2) is 5.78 Å². The third-order valence-corrected chi connectivity index (χ3v) is 3.89. The smallest absolute Gasteiger partial charge is 0.198 e. The molecule has 4 heteroatoms. The lowest BCUT2D eigenvalue weighted by Gasteiger charge is -2.28. The number of methoxy groups -OCH3 is 1. The van der Waals surface area contributed by atoms with E-state index in [1.165, 1.54) is 0 Å². The van der Waals surface area contributed by atoms with Crippen molar-refractivity contribution in [2.75, 3.05) is 13.7 Å². The Labute approximate surface area is 118 Å². The van der Waals surface area contributed by atoms with Crippen molar-refractivity contribution in [1.82, 2.24) is 0 Å². The van der Waals surface area contributed by atoms with Crippen LogP contribution in [-0.2, 0) is 4.74 Å². The van der Waals surface area contributed by atoms with Crippen molar-refractivity contribution < 1.29 is 14.3 Å². The predicted octanol–water partition coefficient (Wildman–Crippen LogP) is 3.88. The summed E-state index contributed by atoms with van der Waals surface area (Å²) >= 11 is 6.00. The van der Waals surface area contributed by atoms with Gasteiger partial charge in [-0.1, -0.05) is 11.6 Å². The number of carbonyl (C=O) groups excluding carboxylic acids is 1. The average Bonchev–Trinajstić information content (AvgIpc) is 2.88. The van der Waals surface area contributed by atoms with Crippen molar-refractivity contribution in [3.05, 3.63) is 28.8 Å². The van der Waals surface area contributed by atoms with Gasteiger partial charge in [0, 0.05) is 11.6 Å². The Bertz CT molecular complexity index is 464. The molecule has 1 aromatic carbocycles. The molecule has 0 radical (unpaired) electrons. The first-order chi connectivity index (χ1) is 9.13. The van der Waals surface area contributed by atoms with Crippen molar-refractivity contribution in [3.63, 3.8) is 0 Å². The third kappa shape index (κ3) is 2.77. The van der Waals surface area contributed by atoms with Crippen LogP contribution in [0, 0.1) is 0 Å². The Morgan fingerprint density at radius 1 is 1.37 bits per heavy atom. The highest BCUT2D eigenvalue weighted by molar-refractivity contribution is 6.31. The Kier molecular flexibility index (Phi) is 4.48. The molecule has 19 heavy (non-hydrogen) atoms. The summed E-state index contributed by atoms with van der Waals surface area (Å²) < 4.78 is 11.1. The van der Waals surface area contributed by atoms with E-state index in [-0.39, 0.29) is 5.78 Å². The molecular weight excluding hydrogens is 264 g/mol. The fourth-order valence-electron chi connectivity index (χ4n) is 2.76. The van der Waals surface area contributed by atoms with Gasteiger partial charge in [0.05, 0.1) is 12.7 Å². The molecule has 1 aliphatic rings. The first-order valence-electron chi connectivity index (χ1n) is 6.65. The summed E-state index contributed by atoms with van der Waals surface area (Å²) in [5.74, 6) is 0.548. The molecule has 1 aromatic rings. The quantitative estimate of drug-likeness (QED) is 0.769. The van der Waals surface area contributed by atoms with Gasteiger partial charge in [0.25, 0.3) is 0 Å². The summed E-state index contributed by atoms with van der Waals surface area (Å²) in [7, 11) is 1.56. The molecular formula is C15H19ClO3. The van der Waals surface area contributed by atoms with Crippen LogP contribution in [0.2, 0.25) is 5.02 Å². The molecule has 1 fully saturated rings. The third-order valence-electron chi connectivity index (χ3n) is 3.65. The van der Waals surface area contributed by atoms with Gasteiger partial charge in [-0.05, 0) is 50.8 Å². The molecule has 0 N–H and O–H groups in total. The van der Waals surface area contributed by atoms with Crippen molar-refractivity contribution in [2.45, 2.75) is 38.2 Å². The fraction of sp³-hybridized carbons (Fsp3) is 0.533. The lowest BCUT2D eigenvalue weighted by Crippen LogP contribution is -2.39. The number of halogens is 1. The highest BCUT2D eigenvalue weighted by atomic mass is 35.5. The molecule has 1 saturated carbocycles. The van der Waals surface area contributed by atoms with Gasteiger partial charge >= 0.3 is 0 Å². The Balaban J connectivity index is 2.39. The molecule has 0 amide bonds. The van der Waals surface area contributed by atoms with E-state index in [1.807, 2.05) is 6.92 Å². The first kappa shape index (κ1) is 14.4. The van der Waals surface area contributed by atoms with Crippen LogP contribution in [0.25, 0.3) is 0 Å². The second kappa shape index (κ2) is 5.93. The summed E-state index contributed by atoms with van der Waals surface area (Å²) in [5.41, 5.74) is -0.169. The number of ketones is 1. The van der Waals surface area contributed by atoms with Crippen LogP contribution < -0.4 is 4.74 Å². The number of ether oxygens (including phenoxy) is 2. The van der Waals surface area contributed by atoms with Crippen LogP contribution in [0.5, 0.6) is 5.75 Å². The monoisotopic (exact) mass is 282 g/mol. The SMILES string of the molecule is CCOC1(C(=O)c2cc(Cl)ccc2OC)CCCC1. The normalized spacial score (nSPS) is 17.4. The Morgan fingerprint density at radius 3 is 2.63 bits per heavy atom. The van der Waals surface area contributed by atoms with Crippen molar-refractivity contribution in [2.24, 2.45) is 0 Å². The van der Waals surface area contributed by atoms with Gasteiger partial charge in [-0.15, -0.1) is 0 Å². The molecule has 0 atom stereocenters. The van der Waals surface area contributed by atoms with Crippen LogP contribution in [-0.4, -0.2) is 25.1 Å². The zero-order valence-corrected chi connectivity index (χ0v) is 12.1. The van der Waals surface area contributed by atoms with Gasteiger partial charge in [0.2, 0.25) is 0 Å². The molecule has 0 aromatic heterocycles. The zero-order chi connectivity index (χ0) is 13.9. The van der Waals surface area contributed by atoms with E-state index >= 15 is 0 Å². The van der Waals surface area contributed by atoms with Gasteiger partial charge in [-0.3, -0.25) is 4.79 Å². The fourth-order valence-corrected chi connectivity index (χ4v) is 2.93. The molecule has 1 aliphatic carbocycles. The molecule has 0 saturated heterocycles. The summed E-state index contributed by atoms with van der Waals surface area (Å²) in [6.07, 6.45) is 3.59. The van der Waals surface area contributed by atoms with E-state index in [0.717, 1.165) is 25.7 Å². The van der Waals surface area contributed by atoms with Crippen LogP contribution in [0.3, 0.4) is 0 Å². The number of rotatable bonds is 5. The topological polar surface area (TPSA) is 35.5 Å². The van der Waals surface area contributed by atoms with E-state index in [0.29, 0.717) is 22.9 Å². The Hall–Kier alpha value is -1.06. The minimum Gasteiger partial charge on any atom is -0.496 e. The molecule has 0 bridgehead atoms. The molecule has 3 nitrogen and oxygen atoms in total. The van der Waals surface area contributed by atoms with Crippen molar-refractivity contribution in [1.29, 1.82) is 0 Å². The van der Waals surface area contributed by atoms with Gasteiger partial charge in [0.1, 0.15) is 11.4 Å². The lowest BCUT2D eigenvalue weighted by molar-refractivity contribution is -0.0165. The summed E-state index contributed by atoms with van der Waals surface area (Å²) in [6, 6.07) is 5.12. The molecule has 0 aliphatic heterocycles. The summed E-state index contributed by atoms with van der Waals surface area (Å²) in [5, 5.41) is 0.536. The molecule has 0 heterocycles. The van der Waals surface area contributed by atoms with Gasteiger partial charge < -0.3 is 9.47 Å². The largest absolute Gasteiger partial charge is 0.496 e. The van der Waals surface area contributed by atoms with E-state index in [2.05, 4.69) is 0 Å². The van der Waals surface area contributed by atoms with E-state index < -0.39 is 5.60 Å². The lowest BCUT2D eigenvalue weighted by atomic mass is 9.90. The van der Waals surface area contributed by atoms with Gasteiger partial charge in [-0.25, -0.2) is 0 Å². The second-order valence-corrected chi connectivity index (χ2v) is 5.24. The molecule has 2 rings (SSSR count). The van der Waals surface area contributed by atoms with Gasteiger partial charge in [-0.2, -0.15) is 0 Å². The highest BCUT2D eigenvalue weighted by Gasteiger charge is 2.43. The number of hydrogen-bond donors (Lipinski definition) is 0. The minimum atomic E-state index is -0.688. The maximum Gasteiger partial charge on any atom is 0.198 e. The second-order valence-electron chi connectivity index (χ2n) is 4.81. The summed E-state index contributed by atoms with van der Waals surface area (Å²) in [6.45, 7) is 2.46. The van der Waals surface area contributed by atoms with E-state index in [1.54, 1.807) is 25.3 Å². The number of carbonyl (C=O) groups is 1. The van der Waals surface area contributed by atoms with Crippen LogP contribution in [0.15, 0.2) is 18.2 Å². The molecule has 104 valence electrons. The van der Waals surface area contributed by atoms with E-state index in [4.69, 9.17) is 21.1 Å². The minimum absolute atomic E-state index is 0.00815. The van der Waals surface area contributed by atoms with Crippen molar-refractivity contribution in [3.8, 4) is 5.75 Å². The maximum atomic E-state index is 12.8. The van der Waals surface area contributed by atoms with E-state index in [9.17, 15) is 4.79 Å². The van der Waals surface area contributed by atoms with Crippen molar-refractivity contribution >= 4 is 17.4 Å². The predicted molar refractivity (Wildman–Crippen MR) is 75.2 cm³/mol. The van der Waals surface area contributed by atoms with Crippen LogP contribution >= 0.6 is 11.6 Å². The standard InChI is InChI=1S/C15H19ClO3/c1-3-19-15(8-4-5-9-15)14(17)12-10-11(16)6-7-13(12)18-2/h6-7,10H,3-5,8-9H2,1-2H3. The first-order valence-corrected chi connectivity index (χ1v) is 7.03. The summed E-state index contributed by atoms with van der Waals surface area (Å²) in [4.78, 5) is 12.8. The average molecular weight is 283 g/mol. The highest BCUT2D eigenvalue weighted by Crippen LogP contribution is 2.38. The molecule has 0 unspecified atom stereocenters.